The van der Waals surface area contributed by atoms with Gasteiger partial charge in [-0.1, -0.05) is 52.0 Å². The van der Waals surface area contributed by atoms with Crippen LogP contribution in [0.25, 0.3) is 0 Å². The minimum absolute atomic E-state index is 0.0629. The summed E-state index contributed by atoms with van der Waals surface area (Å²) in [6.07, 6.45) is 3.49. The van der Waals surface area contributed by atoms with Gasteiger partial charge in [0, 0.05) is 26.6 Å². The first kappa shape index (κ1) is 35.2. The third-order valence-electron chi connectivity index (χ3n) is 7.55. The van der Waals surface area contributed by atoms with E-state index < -0.39 is 14.4 Å². The van der Waals surface area contributed by atoms with Crippen molar-refractivity contribution in [3.63, 3.8) is 0 Å². The summed E-state index contributed by atoms with van der Waals surface area (Å²) in [6.45, 7) is 18.5. The molecule has 0 unspecified atom stereocenters. The number of Topliss-reactive ketones (excluding diaryl/α,β-unsaturated/α-hetero) is 1. The van der Waals surface area contributed by atoms with Crippen molar-refractivity contribution in [3.8, 4) is 5.75 Å². The molecule has 0 heterocycles. The lowest BCUT2D eigenvalue weighted by molar-refractivity contribution is -0.130. The minimum atomic E-state index is -1.87. The number of rotatable bonds is 18. The fraction of sp³-hybridized carbons (Fsp3) is 0.645. The minimum Gasteiger partial charge on any atom is -0.497 e. The summed E-state index contributed by atoms with van der Waals surface area (Å²) in [5.74, 6) is 0.529. The topological polar surface area (TPSA) is 72.5 Å². The molecule has 8 heteroatoms. The highest BCUT2D eigenvalue weighted by molar-refractivity contribution is 6.74. The highest BCUT2D eigenvalue weighted by atomic mass is 28.4. The summed E-state index contributed by atoms with van der Waals surface area (Å²) in [4.78, 5) is 13.3. The Bertz CT molecular complexity index is 916. The summed E-state index contributed by atoms with van der Waals surface area (Å²) in [5.41, 5.74) is 2.98. The maximum atomic E-state index is 13.3. The Balaban J connectivity index is 2.77. The van der Waals surface area contributed by atoms with Crippen molar-refractivity contribution in [3.05, 3.63) is 53.1 Å². The molecular weight excluding hydrogens is 512 g/mol. The molecule has 0 bridgehead atoms. The van der Waals surface area contributed by atoms with Gasteiger partial charge in [-0.3, -0.25) is 4.79 Å². The molecule has 0 aliphatic rings. The number of ketones is 1. The molecule has 0 amide bonds. The lowest BCUT2D eigenvalue weighted by Gasteiger charge is -2.35. The molecule has 0 aromatic heterocycles. The van der Waals surface area contributed by atoms with Gasteiger partial charge in [0.2, 0.25) is 0 Å². The SMILES string of the molecule is COCO[C@@H](CC(=O)[C@H](C)[C@@H](OC)/C(C)=C/COCc1ccc(OC)cc1)/C(C)=C/CO[Si](C)(C)C(C)(C)C. The van der Waals surface area contributed by atoms with E-state index in [-0.39, 0.29) is 36.1 Å². The van der Waals surface area contributed by atoms with Crippen molar-refractivity contribution in [1.82, 2.24) is 0 Å². The van der Waals surface area contributed by atoms with Crippen molar-refractivity contribution < 1.29 is 32.9 Å². The summed E-state index contributed by atoms with van der Waals surface area (Å²) < 4.78 is 34.1. The van der Waals surface area contributed by atoms with E-state index in [1.807, 2.05) is 57.2 Å². The number of ether oxygens (including phenoxy) is 5. The van der Waals surface area contributed by atoms with E-state index >= 15 is 0 Å². The lowest BCUT2D eigenvalue weighted by Crippen LogP contribution is -2.40. The lowest BCUT2D eigenvalue weighted by atomic mass is 9.90. The number of carbonyl (C=O) groups is 1. The molecule has 39 heavy (non-hydrogen) atoms. The maximum absolute atomic E-state index is 13.3. The van der Waals surface area contributed by atoms with E-state index in [4.69, 9.17) is 28.1 Å². The van der Waals surface area contributed by atoms with Crippen molar-refractivity contribution in [2.45, 2.75) is 84.9 Å². The largest absolute Gasteiger partial charge is 0.497 e. The van der Waals surface area contributed by atoms with Crippen LogP contribution in [0.1, 0.15) is 53.5 Å². The smallest absolute Gasteiger partial charge is 0.192 e. The van der Waals surface area contributed by atoms with Crippen molar-refractivity contribution >= 4 is 14.1 Å². The number of hydrogen-bond acceptors (Lipinski definition) is 7. The first-order valence-electron chi connectivity index (χ1n) is 13.6. The van der Waals surface area contributed by atoms with Crippen LogP contribution in [-0.2, 0) is 34.8 Å². The van der Waals surface area contributed by atoms with E-state index in [9.17, 15) is 4.79 Å². The van der Waals surface area contributed by atoms with Crippen LogP contribution in [0.2, 0.25) is 18.1 Å². The summed E-state index contributed by atoms with van der Waals surface area (Å²) >= 11 is 0. The predicted molar refractivity (Wildman–Crippen MR) is 160 cm³/mol. The van der Waals surface area contributed by atoms with E-state index in [1.54, 1.807) is 21.3 Å². The van der Waals surface area contributed by atoms with Crippen LogP contribution in [0.3, 0.4) is 0 Å². The average molecular weight is 565 g/mol. The first-order chi connectivity index (χ1) is 18.3. The van der Waals surface area contributed by atoms with Gasteiger partial charge < -0.3 is 28.1 Å². The van der Waals surface area contributed by atoms with Gasteiger partial charge in [0.05, 0.1) is 39.1 Å². The van der Waals surface area contributed by atoms with Gasteiger partial charge in [0.1, 0.15) is 18.3 Å². The Kier molecular flexibility index (Phi) is 15.4. The van der Waals surface area contributed by atoms with Crippen molar-refractivity contribution in [2.75, 3.05) is 41.3 Å². The zero-order valence-electron chi connectivity index (χ0n) is 26.1. The monoisotopic (exact) mass is 564 g/mol. The quantitative estimate of drug-likeness (QED) is 0.0847. The molecule has 0 aliphatic carbocycles. The molecule has 222 valence electrons. The molecule has 0 spiro atoms. The van der Waals surface area contributed by atoms with Crippen LogP contribution in [0.4, 0.5) is 0 Å². The second-order valence-corrected chi connectivity index (χ2v) is 16.3. The van der Waals surface area contributed by atoms with Gasteiger partial charge in [-0.05, 0) is 60.8 Å². The van der Waals surface area contributed by atoms with Gasteiger partial charge in [-0.25, -0.2) is 0 Å². The molecular formula is C31H52O7Si. The zero-order valence-corrected chi connectivity index (χ0v) is 27.1. The predicted octanol–water partition coefficient (Wildman–Crippen LogP) is 6.73. The molecule has 1 aromatic rings. The van der Waals surface area contributed by atoms with Crippen LogP contribution in [0, 0.1) is 5.92 Å². The molecule has 3 atom stereocenters. The summed E-state index contributed by atoms with van der Waals surface area (Å²) in [6, 6.07) is 7.78. The fourth-order valence-corrected chi connectivity index (χ4v) is 4.69. The van der Waals surface area contributed by atoms with Crippen LogP contribution in [0.5, 0.6) is 5.75 Å². The van der Waals surface area contributed by atoms with E-state index in [0.717, 1.165) is 22.5 Å². The Hall–Kier alpha value is -1.81. The Morgan fingerprint density at radius 2 is 1.59 bits per heavy atom. The van der Waals surface area contributed by atoms with Gasteiger partial charge in [0.15, 0.2) is 8.32 Å². The normalized spacial score (nSPS) is 15.7. The summed E-state index contributed by atoms with van der Waals surface area (Å²) in [5, 5.41) is 0.132. The van der Waals surface area contributed by atoms with Crippen molar-refractivity contribution in [1.29, 1.82) is 0 Å². The van der Waals surface area contributed by atoms with Crippen LogP contribution in [-0.4, -0.2) is 67.6 Å². The fourth-order valence-electron chi connectivity index (χ4n) is 3.76. The van der Waals surface area contributed by atoms with E-state index in [2.05, 4.69) is 33.9 Å². The standard InChI is InChI=1S/C31H52O7Si/c1-23(17-19-38-39(10,11)31(4,5)6)29(37-22-33-7)20-28(32)25(3)30(35-9)24(2)16-18-36-21-26-12-14-27(34-8)15-13-26/h12-17,25,29-30H,18-22H2,1-11H3/b23-17+,24-16+/t25-,29-,30-/m0/s1. The molecule has 1 rings (SSSR count). The molecule has 7 nitrogen and oxygen atoms in total. The molecule has 0 aliphatic heterocycles. The van der Waals surface area contributed by atoms with Gasteiger partial charge >= 0.3 is 0 Å². The Morgan fingerprint density at radius 3 is 2.13 bits per heavy atom. The maximum Gasteiger partial charge on any atom is 0.192 e. The van der Waals surface area contributed by atoms with Gasteiger partial charge in [-0.15, -0.1) is 0 Å². The number of benzene rings is 1. The number of carbonyl (C=O) groups excluding carboxylic acids is 1. The second kappa shape index (κ2) is 17.1. The molecule has 0 fully saturated rings. The third kappa shape index (κ3) is 12.1. The van der Waals surface area contributed by atoms with E-state index in [1.165, 1.54) is 0 Å². The molecule has 0 saturated carbocycles. The number of hydrogen-bond donors (Lipinski definition) is 0. The van der Waals surface area contributed by atoms with Gasteiger partial charge in [0.25, 0.3) is 0 Å². The Morgan fingerprint density at radius 1 is 0.974 bits per heavy atom. The van der Waals surface area contributed by atoms with E-state index in [0.29, 0.717) is 19.8 Å². The van der Waals surface area contributed by atoms with Crippen molar-refractivity contribution in [2.24, 2.45) is 5.92 Å². The van der Waals surface area contributed by atoms with Gasteiger partial charge in [-0.2, -0.15) is 0 Å². The highest BCUT2D eigenvalue weighted by Crippen LogP contribution is 2.36. The summed E-state index contributed by atoms with van der Waals surface area (Å²) in [7, 11) is 2.99. The Labute approximate surface area is 238 Å². The third-order valence-corrected chi connectivity index (χ3v) is 12.1. The molecule has 1 aromatic carbocycles. The first-order valence-corrected chi connectivity index (χ1v) is 16.5. The molecule has 0 saturated heterocycles. The van der Waals surface area contributed by atoms with Crippen LogP contribution < -0.4 is 4.74 Å². The molecule has 0 radical (unpaired) electrons. The second-order valence-electron chi connectivity index (χ2n) is 11.5. The zero-order chi connectivity index (χ0) is 29.6. The highest BCUT2D eigenvalue weighted by Gasteiger charge is 2.36. The van der Waals surface area contributed by atoms with Crippen LogP contribution in [0.15, 0.2) is 47.6 Å². The van der Waals surface area contributed by atoms with Crippen LogP contribution >= 0.6 is 0 Å². The number of methoxy groups -OCH3 is 3. The average Bonchev–Trinajstić information content (AvgIpc) is 2.88. The molecule has 0 N–H and O–H groups in total.